The Morgan fingerprint density at radius 1 is 1.79 bits per heavy atom. The maximum atomic E-state index is 12.4. The maximum Gasteiger partial charge on any atom is 0.404 e. The zero-order chi connectivity index (χ0) is 10.4. The molecule has 14 heavy (non-hydrogen) atoms. The van der Waals surface area contributed by atoms with Crippen molar-refractivity contribution in [3.63, 3.8) is 0 Å². The van der Waals surface area contributed by atoms with E-state index in [1.807, 2.05) is 0 Å². The van der Waals surface area contributed by atoms with Gasteiger partial charge in [0.05, 0.1) is 13.0 Å². The molecule has 78 valence electrons. The summed E-state index contributed by atoms with van der Waals surface area (Å²) >= 11 is 0. The van der Waals surface area contributed by atoms with E-state index in [0.717, 1.165) is 5.69 Å². The lowest BCUT2D eigenvalue weighted by Crippen LogP contribution is -2.29. The van der Waals surface area contributed by atoms with Crippen LogP contribution in [0.25, 0.3) is 0 Å². The van der Waals surface area contributed by atoms with E-state index in [-0.39, 0.29) is 12.5 Å². The Balaban J connectivity index is 2.35. The zero-order valence-corrected chi connectivity index (χ0v) is 7.53. The van der Waals surface area contributed by atoms with Gasteiger partial charge in [-0.05, 0) is 6.42 Å². The SMILES string of the molecule is O=C(O)NCC(CF)Cc1cnc[nH]1. The number of carboxylic acid groups (broad SMARTS) is 1. The number of alkyl halides is 1. The Morgan fingerprint density at radius 3 is 3.07 bits per heavy atom. The van der Waals surface area contributed by atoms with Gasteiger partial charge in [0.15, 0.2) is 0 Å². The van der Waals surface area contributed by atoms with Gasteiger partial charge in [-0.2, -0.15) is 0 Å². The molecule has 5 nitrogen and oxygen atoms in total. The molecule has 0 saturated heterocycles. The summed E-state index contributed by atoms with van der Waals surface area (Å²) in [5, 5.41) is 10.5. The van der Waals surface area contributed by atoms with E-state index in [0.29, 0.717) is 6.42 Å². The first-order valence-corrected chi connectivity index (χ1v) is 4.22. The van der Waals surface area contributed by atoms with Crippen molar-refractivity contribution in [1.82, 2.24) is 15.3 Å². The monoisotopic (exact) mass is 201 g/mol. The van der Waals surface area contributed by atoms with Gasteiger partial charge < -0.3 is 15.4 Å². The lowest BCUT2D eigenvalue weighted by atomic mass is 10.1. The third kappa shape index (κ3) is 3.42. The van der Waals surface area contributed by atoms with Gasteiger partial charge in [0, 0.05) is 24.4 Å². The Hall–Kier alpha value is -1.59. The van der Waals surface area contributed by atoms with E-state index >= 15 is 0 Å². The fourth-order valence-electron chi connectivity index (χ4n) is 1.12. The summed E-state index contributed by atoms with van der Waals surface area (Å²) in [6.45, 7) is -0.440. The molecule has 0 aliphatic carbocycles. The van der Waals surface area contributed by atoms with Gasteiger partial charge >= 0.3 is 6.09 Å². The lowest BCUT2D eigenvalue weighted by Gasteiger charge is -2.10. The molecule has 0 fully saturated rings. The molecule has 1 aromatic heterocycles. The first-order chi connectivity index (χ1) is 6.72. The number of nitrogens with one attached hydrogen (secondary N) is 2. The summed E-state index contributed by atoms with van der Waals surface area (Å²) in [6, 6.07) is 0. The van der Waals surface area contributed by atoms with Crippen LogP contribution in [0.15, 0.2) is 12.5 Å². The van der Waals surface area contributed by atoms with Crippen LogP contribution in [-0.4, -0.2) is 34.4 Å². The summed E-state index contributed by atoms with van der Waals surface area (Å²) in [4.78, 5) is 16.8. The normalized spacial score (nSPS) is 12.4. The minimum absolute atomic E-state index is 0.116. The molecule has 0 aliphatic heterocycles. The summed E-state index contributed by atoms with van der Waals surface area (Å²) in [5.41, 5.74) is 0.805. The van der Waals surface area contributed by atoms with Crippen molar-refractivity contribution in [2.24, 2.45) is 5.92 Å². The molecular formula is C8H12FN3O2. The number of aromatic nitrogens is 2. The lowest BCUT2D eigenvalue weighted by molar-refractivity contribution is 0.191. The number of hydrogen-bond donors (Lipinski definition) is 3. The number of H-pyrrole nitrogens is 1. The van der Waals surface area contributed by atoms with Crippen molar-refractivity contribution in [3.8, 4) is 0 Å². The van der Waals surface area contributed by atoms with E-state index in [2.05, 4.69) is 15.3 Å². The topological polar surface area (TPSA) is 78.0 Å². The molecule has 6 heteroatoms. The highest BCUT2D eigenvalue weighted by Crippen LogP contribution is 2.05. The highest BCUT2D eigenvalue weighted by Gasteiger charge is 2.11. The van der Waals surface area contributed by atoms with Gasteiger partial charge in [-0.25, -0.2) is 9.78 Å². The first-order valence-electron chi connectivity index (χ1n) is 4.22. The van der Waals surface area contributed by atoms with Gasteiger partial charge in [0.2, 0.25) is 0 Å². The fraction of sp³-hybridized carbons (Fsp3) is 0.500. The molecule has 0 aromatic carbocycles. The Labute approximate surface area is 80.4 Å². The number of hydrogen-bond acceptors (Lipinski definition) is 2. The molecule has 3 N–H and O–H groups in total. The molecule has 1 heterocycles. The average molecular weight is 201 g/mol. The van der Waals surface area contributed by atoms with E-state index in [1.54, 1.807) is 6.20 Å². The summed E-state index contributed by atoms with van der Waals surface area (Å²) in [5.74, 6) is -0.341. The van der Waals surface area contributed by atoms with Crippen LogP contribution >= 0.6 is 0 Å². The van der Waals surface area contributed by atoms with Crippen LogP contribution in [0.4, 0.5) is 9.18 Å². The molecule has 0 saturated carbocycles. The smallest absolute Gasteiger partial charge is 0.404 e. The summed E-state index contributed by atoms with van der Waals surface area (Å²) in [7, 11) is 0. The number of rotatable bonds is 5. The molecule has 1 rings (SSSR count). The second-order valence-corrected chi connectivity index (χ2v) is 2.99. The zero-order valence-electron chi connectivity index (χ0n) is 7.53. The van der Waals surface area contributed by atoms with Crippen LogP contribution in [0.5, 0.6) is 0 Å². The molecule has 1 aromatic rings. The second-order valence-electron chi connectivity index (χ2n) is 2.99. The van der Waals surface area contributed by atoms with E-state index < -0.39 is 12.8 Å². The molecule has 0 aliphatic rings. The van der Waals surface area contributed by atoms with Crippen LogP contribution in [0.1, 0.15) is 5.69 Å². The summed E-state index contributed by atoms with van der Waals surface area (Å²) < 4.78 is 12.4. The predicted molar refractivity (Wildman–Crippen MR) is 47.8 cm³/mol. The van der Waals surface area contributed by atoms with Crippen LogP contribution in [0.3, 0.4) is 0 Å². The number of amides is 1. The highest BCUT2D eigenvalue weighted by molar-refractivity contribution is 5.64. The van der Waals surface area contributed by atoms with Gasteiger partial charge in [0.25, 0.3) is 0 Å². The Morgan fingerprint density at radius 2 is 2.57 bits per heavy atom. The van der Waals surface area contributed by atoms with Crippen LogP contribution in [-0.2, 0) is 6.42 Å². The molecule has 1 unspecified atom stereocenters. The van der Waals surface area contributed by atoms with Crippen molar-refractivity contribution in [2.45, 2.75) is 6.42 Å². The fourth-order valence-corrected chi connectivity index (χ4v) is 1.12. The standard InChI is InChI=1S/C8H12FN3O2/c9-2-6(3-11-8(13)14)1-7-4-10-5-12-7/h4-6,11H,1-3H2,(H,10,12)(H,13,14). The molecule has 0 bridgehead atoms. The van der Waals surface area contributed by atoms with Crippen molar-refractivity contribution in [2.75, 3.05) is 13.2 Å². The molecule has 0 radical (unpaired) electrons. The number of carbonyl (C=O) groups is 1. The summed E-state index contributed by atoms with van der Waals surface area (Å²) in [6.07, 6.45) is 2.43. The highest BCUT2D eigenvalue weighted by atomic mass is 19.1. The van der Waals surface area contributed by atoms with Crippen molar-refractivity contribution >= 4 is 6.09 Å². The molecule has 1 amide bonds. The predicted octanol–water partition coefficient (Wildman–Crippen LogP) is 0.805. The molecule has 1 atom stereocenters. The van der Waals surface area contributed by atoms with Gasteiger partial charge in [-0.3, -0.25) is 4.39 Å². The van der Waals surface area contributed by atoms with E-state index in [1.165, 1.54) is 6.33 Å². The Kier molecular flexibility index (Phi) is 3.90. The molecular weight excluding hydrogens is 189 g/mol. The minimum atomic E-state index is -1.13. The van der Waals surface area contributed by atoms with Crippen LogP contribution in [0.2, 0.25) is 0 Å². The van der Waals surface area contributed by atoms with Crippen molar-refractivity contribution in [1.29, 1.82) is 0 Å². The first kappa shape index (κ1) is 10.5. The van der Waals surface area contributed by atoms with E-state index in [4.69, 9.17) is 5.11 Å². The third-order valence-corrected chi connectivity index (χ3v) is 1.82. The second kappa shape index (κ2) is 5.21. The number of imidazole rings is 1. The van der Waals surface area contributed by atoms with Crippen molar-refractivity contribution < 1.29 is 14.3 Å². The van der Waals surface area contributed by atoms with Crippen LogP contribution < -0.4 is 5.32 Å². The maximum absolute atomic E-state index is 12.4. The Bertz CT molecular complexity index is 276. The average Bonchev–Trinajstić information content (AvgIpc) is 2.64. The van der Waals surface area contributed by atoms with Crippen LogP contribution in [0, 0.1) is 5.92 Å². The largest absolute Gasteiger partial charge is 0.465 e. The minimum Gasteiger partial charge on any atom is -0.465 e. The van der Waals surface area contributed by atoms with Crippen molar-refractivity contribution in [3.05, 3.63) is 18.2 Å². The number of aromatic amines is 1. The van der Waals surface area contributed by atoms with E-state index in [9.17, 15) is 9.18 Å². The number of nitrogens with zero attached hydrogens (tertiary/aromatic N) is 1. The van der Waals surface area contributed by atoms with Gasteiger partial charge in [0.1, 0.15) is 0 Å². The molecule has 0 spiro atoms. The van der Waals surface area contributed by atoms with Gasteiger partial charge in [-0.1, -0.05) is 0 Å². The quantitative estimate of drug-likeness (QED) is 0.659. The van der Waals surface area contributed by atoms with Gasteiger partial charge in [-0.15, -0.1) is 0 Å². The number of halogens is 1. The third-order valence-electron chi connectivity index (χ3n) is 1.82.